The van der Waals surface area contributed by atoms with E-state index in [2.05, 4.69) is 4.98 Å². The molecule has 24 heavy (non-hydrogen) atoms. The summed E-state index contributed by atoms with van der Waals surface area (Å²) >= 11 is 7.25. The highest BCUT2D eigenvalue weighted by molar-refractivity contribution is 7.19. The Morgan fingerprint density at radius 2 is 2.04 bits per heavy atom. The van der Waals surface area contributed by atoms with Crippen molar-refractivity contribution in [2.24, 2.45) is 0 Å². The Morgan fingerprint density at radius 3 is 2.79 bits per heavy atom. The molecule has 7 heteroatoms. The van der Waals surface area contributed by atoms with Crippen LogP contribution in [0.4, 0.5) is 10.1 Å². The molecule has 120 valence electrons. The lowest BCUT2D eigenvalue weighted by Gasteiger charge is -2.18. The van der Waals surface area contributed by atoms with Crippen LogP contribution in [0.3, 0.4) is 0 Å². The van der Waals surface area contributed by atoms with Crippen molar-refractivity contribution >= 4 is 50.3 Å². The van der Waals surface area contributed by atoms with Crippen molar-refractivity contribution in [3.05, 3.63) is 64.1 Å². The van der Waals surface area contributed by atoms with Crippen LogP contribution in [0.25, 0.3) is 15.8 Å². The molecular formula is C17H11ClFN3OS. The van der Waals surface area contributed by atoms with E-state index < -0.39 is 5.82 Å². The van der Waals surface area contributed by atoms with E-state index in [1.807, 2.05) is 24.3 Å². The zero-order valence-corrected chi connectivity index (χ0v) is 13.8. The summed E-state index contributed by atoms with van der Waals surface area (Å²) in [6.07, 6.45) is 0. The van der Waals surface area contributed by atoms with Gasteiger partial charge in [-0.25, -0.2) is 9.37 Å². The van der Waals surface area contributed by atoms with Crippen LogP contribution in [-0.4, -0.2) is 22.5 Å². The number of aliphatic hydroxyl groups is 1. The number of halogens is 2. The molecule has 3 aromatic rings. The largest absolute Gasteiger partial charge is 0.510 e. The van der Waals surface area contributed by atoms with Crippen LogP contribution in [0, 0.1) is 11.2 Å². The summed E-state index contributed by atoms with van der Waals surface area (Å²) in [7, 11) is 0. The van der Waals surface area contributed by atoms with E-state index >= 15 is 0 Å². The molecule has 4 rings (SSSR count). The number of aromatic nitrogens is 1. The molecule has 0 bridgehead atoms. The first kappa shape index (κ1) is 15.1. The van der Waals surface area contributed by atoms with Crippen LogP contribution in [0.2, 0.25) is 5.02 Å². The molecule has 2 N–H and O–H groups in total. The first-order valence-electron chi connectivity index (χ1n) is 7.14. The summed E-state index contributed by atoms with van der Waals surface area (Å²) in [5.74, 6) is -0.330. The maximum atomic E-state index is 13.3. The lowest BCUT2D eigenvalue weighted by molar-refractivity contribution is 0.411. The minimum atomic E-state index is -0.519. The molecule has 2 heterocycles. The number of nitrogens with zero attached hydrogens (tertiary/aromatic N) is 2. The Hall–Kier alpha value is -2.44. The molecule has 1 aliphatic rings. The maximum Gasteiger partial charge on any atom is 0.141 e. The second-order valence-corrected chi connectivity index (χ2v) is 6.78. The van der Waals surface area contributed by atoms with E-state index in [1.165, 1.54) is 29.5 Å². The number of anilines is 1. The maximum absolute atomic E-state index is 13.3. The van der Waals surface area contributed by atoms with Gasteiger partial charge in [0, 0.05) is 5.69 Å². The lowest BCUT2D eigenvalue weighted by Crippen LogP contribution is -2.26. The molecule has 0 amide bonds. The molecule has 4 nitrogen and oxygen atoms in total. The van der Waals surface area contributed by atoms with Crippen LogP contribution < -0.4 is 4.90 Å². The number of benzene rings is 2. The van der Waals surface area contributed by atoms with Gasteiger partial charge in [-0.2, -0.15) is 0 Å². The quantitative estimate of drug-likeness (QED) is 0.687. The third-order valence-corrected chi connectivity index (χ3v) is 5.17. The van der Waals surface area contributed by atoms with Crippen molar-refractivity contribution < 1.29 is 9.50 Å². The van der Waals surface area contributed by atoms with E-state index in [0.717, 1.165) is 10.2 Å². The average molecular weight is 360 g/mol. The minimum absolute atomic E-state index is 0.0202. The van der Waals surface area contributed by atoms with E-state index in [0.29, 0.717) is 16.3 Å². The van der Waals surface area contributed by atoms with Crippen molar-refractivity contribution in [3.63, 3.8) is 0 Å². The molecule has 0 atom stereocenters. The Labute approximate surface area is 146 Å². The van der Waals surface area contributed by atoms with E-state index in [-0.39, 0.29) is 23.2 Å². The van der Waals surface area contributed by atoms with Crippen LogP contribution in [0.1, 0.15) is 5.01 Å². The molecule has 0 saturated heterocycles. The Balaban J connectivity index is 1.73. The van der Waals surface area contributed by atoms with Gasteiger partial charge in [0.1, 0.15) is 22.4 Å². The van der Waals surface area contributed by atoms with Gasteiger partial charge >= 0.3 is 0 Å². The highest BCUT2D eigenvalue weighted by Crippen LogP contribution is 2.35. The van der Waals surface area contributed by atoms with E-state index in [1.54, 1.807) is 4.90 Å². The van der Waals surface area contributed by atoms with E-state index in [9.17, 15) is 9.50 Å². The molecule has 0 radical (unpaired) electrons. The standard InChI is InChI=1S/C17H11ClFN3OS/c18-10-7-9(5-6-11(10)19)22-8-13(23)15(16(22)20)17-21-12-3-1-2-4-14(12)24-17/h1-7,20,23H,8H2. The highest BCUT2D eigenvalue weighted by Gasteiger charge is 2.31. The van der Waals surface area contributed by atoms with Crippen LogP contribution in [-0.2, 0) is 0 Å². The normalized spacial score (nSPS) is 14.9. The average Bonchev–Trinajstić information content (AvgIpc) is 3.10. The van der Waals surface area contributed by atoms with Gasteiger partial charge in [-0.05, 0) is 30.3 Å². The van der Waals surface area contributed by atoms with Crippen molar-refractivity contribution in [1.82, 2.24) is 4.98 Å². The van der Waals surface area contributed by atoms with Crippen LogP contribution >= 0.6 is 22.9 Å². The van der Waals surface area contributed by atoms with Gasteiger partial charge < -0.3 is 10.0 Å². The molecule has 0 fully saturated rings. The molecule has 1 aromatic heterocycles. The summed E-state index contributed by atoms with van der Waals surface area (Å²) in [5, 5.41) is 19.3. The van der Waals surface area contributed by atoms with Crippen molar-refractivity contribution in [3.8, 4) is 0 Å². The number of amidine groups is 1. The predicted molar refractivity (Wildman–Crippen MR) is 95.7 cm³/mol. The third kappa shape index (κ3) is 2.35. The molecule has 0 aliphatic carbocycles. The fourth-order valence-electron chi connectivity index (χ4n) is 2.66. The van der Waals surface area contributed by atoms with Crippen molar-refractivity contribution in [2.45, 2.75) is 0 Å². The zero-order chi connectivity index (χ0) is 16.8. The molecule has 0 unspecified atom stereocenters. The number of hydrogen-bond donors (Lipinski definition) is 2. The second kappa shape index (κ2) is 5.58. The smallest absolute Gasteiger partial charge is 0.141 e. The lowest BCUT2D eigenvalue weighted by atomic mass is 10.2. The van der Waals surface area contributed by atoms with Gasteiger partial charge in [0.15, 0.2) is 0 Å². The number of para-hydroxylation sites is 1. The Kier molecular flexibility index (Phi) is 3.51. The molecule has 1 aliphatic heterocycles. The number of nitrogens with one attached hydrogen (secondary N) is 1. The topological polar surface area (TPSA) is 60.2 Å². The molecule has 0 spiro atoms. The van der Waals surface area contributed by atoms with Gasteiger partial charge in [0.05, 0.1) is 27.4 Å². The SMILES string of the molecule is N=C1C(c2nc3ccccc3s2)=C(O)CN1c1ccc(F)c(Cl)c1. The van der Waals surface area contributed by atoms with Crippen molar-refractivity contribution in [2.75, 3.05) is 11.4 Å². The van der Waals surface area contributed by atoms with Gasteiger partial charge in [-0.15, -0.1) is 11.3 Å². The highest BCUT2D eigenvalue weighted by atomic mass is 35.5. The molecule has 0 saturated carbocycles. The van der Waals surface area contributed by atoms with E-state index in [4.69, 9.17) is 17.0 Å². The predicted octanol–water partition coefficient (Wildman–Crippen LogP) is 4.86. The summed E-state index contributed by atoms with van der Waals surface area (Å²) < 4.78 is 14.3. The summed E-state index contributed by atoms with van der Waals surface area (Å²) in [4.78, 5) is 6.07. The number of aliphatic hydroxyl groups excluding tert-OH is 1. The first-order chi connectivity index (χ1) is 11.5. The van der Waals surface area contributed by atoms with Gasteiger partial charge in [0.25, 0.3) is 0 Å². The van der Waals surface area contributed by atoms with Gasteiger partial charge in [-0.3, -0.25) is 5.41 Å². The zero-order valence-electron chi connectivity index (χ0n) is 12.3. The monoisotopic (exact) mass is 359 g/mol. The Bertz CT molecular complexity index is 981. The number of hydrogen-bond acceptors (Lipinski definition) is 4. The van der Waals surface area contributed by atoms with Gasteiger partial charge in [0.2, 0.25) is 0 Å². The van der Waals surface area contributed by atoms with Crippen LogP contribution in [0.15, 0.2) is 48.2 Å². The fraction of sp³-hybridized carbons (Fsp3) is 0.0588. The number of thiazole rings is 1. The summed E-state index contributed by atoms with van der Waals surface area (Å²) in [6.45, 7) is 0.131. The number of fused-ring (bicyclic) bond motifs is 1. The first-order valence-corrected chi connectivity index (χ1v) is 8.33. The Morgan fingerprint density at radius 1 is 1.25 bits per heavy atom. The van der Waals surface area contributed by atoms with Crippen LogP contribution in [0.5, 0.6) is 0 Å². The van der Waals surface area contributed by atoms with Gasteiger partial charge in [-0.1, -0.05) is 23.7 Å². The van der Waals surface area contributed by atoms with Crippen molar-refractivity contribution in [1.29, 1.82) is 5.41 Å². The third-order valence-electron chi connectivity index (χ3n) is 3.83. The second-order valence-electron chi connectivity index (χ2n) is 5.34. The minimum Gasteiger partial charge on any atom is -0.510 e. The molecule has 2 aromatic carbocycles. The summed E-state index contributed by atoms with van der Waals surface area (Å²) in [5.41, 5.74) is 1.78. The number of rotatable bonds is 2. The fourth-order valence-corrected chi connectivity index (χ4v) is 3.87. The summed E-state index contributed by atoms with van der Waals surface area (Å²) in [6, 6.07) is 11.9. The molecular weight excluding hydrogens is 349 g/mol.